The highest BCUT2D eigenvalue weighted by molar-refractivity contribution is 5.65. The molecule has 0 spiro atoms. The quantitative estimate of drug-likeness (QED) is 0.926. The molecule has 2 heterocycles. The van der Waals surface area contributed by atoms with Crippen molar-refractivity contribution < 1.29 is 0 Å². The van der Waals surface area contributed by atoms with Crippen molar-refractivity contribution in [3.05, 3.63) is 41.7 Å². The smallest absolute Gasteiger partial charge is 0.0672 e. The Morgan fingerprint density at radius 3 is 2.55 bits per heavy atom. The van der Waals surface area contributed by atoms with Gasteiger partial charge in [-0.1, -0.05) is 31.2 Å². The van der Waals surface area contributed by atoms with Gasteiger partial charge in [-0.15, -0.1) is 0 Å². The minimum atomic E-state index is 0.554. The van der Waals surface area contributed by atoms with Gasteiger partial charge in [0, 0.05) is 11.8 Å². The number of hydrogen-bond donors (Lipinski definition) is 1. The van der Waals surface area contributed by atoms with Crippen molar-refractivity contribution in [1.29, 1.82) is 0 Å². The van der Waals surface area contributed by atoms with E-state index in [2.05, 4.69) is 54.3 Å². The average Bonchev–Trinajstić information content (AvgIpc) is 2.90. The van der Waals surface area contributed by atoms with E-state index < -0.39 is 0 Å². The molecule has 0 radical (unpaired) electrons. The van der Waals surface area contributed by atoms with E-state index in [1.165, 1.54) is 29.5 Å². The number of nitrogens with one attached hydrogen (secondary N) is 1. The van der Waals surface area contributed by atoms with Crippen LogP contribution in [0.3, 0.4) is 0 Å². The van der Waals surface area contributed by atoms with Gasteiger partial charge in [0.25, 0.3) is 0 Å². The van der Waals surface area contributed by atoms with Crippen molar-refractivity contribution in [3.8, 4) is 11.1 Å². The molecule has 0 bridgehead atoms. The predicted octanol–water partition coefficient (Wildman–Crippen LogP) is 3.35. The van der Waals surface area contributed by atoms with Crippen LogP contribution in [0.5, 0.6) is 0 Å². The summed E-state index contributed by atoms with van der Waals surface area (Å²) in [6.07, 6.45) is 5.67. The van der Waals surface area contributed by atoms with E-state index >= 15 is 0 Å². The highest BCUT2D eigenvalue weighted by Crippen LogP contribution is 2.26. The van der Waals surface area contributed by atoms with Crippen molar-refractivity contribution in [3.63, 3.8) is 0 Å². The number of aromatic nitrogens is 2. The molecular weight excluding hydrogens is 246 g/mol. The molecule has 3 heteroatoms. The Morgan fingerprint density at radius 1 is 1.20 bits per heavy atom. The standard InChI is InChI=1S/C17H23N3/c1-3-14-4-6-15(7-5-14)17-12-20(19-13(17)2)16-8-10-18-11-9-16/h4-7,12,16,18H,3,8-11H2,1-2H3. The van der Waals surface area contributed by atoms with E-state index in [0.717, 1.165) is 25.2 Å². The summed E-state index contributed by atoms with van der Waals surface area (Å²) < 4.78 is 2.18. The van der Waals surface area contributed by atoms with E-state index in [-0.39, 0.29) is 0 Å². The van der Waals surface area contributed by atoms with E-state index in [9.17, 15) is 0 Å². The number of rotatable bonds is 3. The summed E-state index contributed by atoms with van der Waals surface area (Å²) in [6, 6.07) is 9.43. The first kappa shape index (κ1) is 13.4. The second kappa shape index (κ2) is 5.80. The third-order valence-electron chi connectivity index (χ3n) is 4.27. The summed E-state index contributed by atoms with van der Waals surface area (Å²) in [5.41, 5.74) is 5.07. The Hall–Kier alpha value is -1.61. The third kappa shape index (κ3) is 2.63. The van der Waals surface area contributed by atoms with Crippen molar-refractivity contribution in [2.24, 2.45) is 0 Å². The summed E-state index contributed by atoms with van der Waals surface area (Å²) in [5.74, 6) is 0. The highest BCUT2D eigenvalue weighted by atomic mass is 15.3. The molecule has 20 heavy (non-hydrogen) atoms. The molecule has 0 saturated carbocycles. The van der Waals surface area contributed by atoms with Crippen LogP contribution in [0, 0.1) is 6.92 Å². The summed E-state index contributed by atoms with van der Waals surface area (Å²) in [7, 11) is 0. The zero-order valence-corrected chi connectivity index (χ0v) is 12.4. The molecular formula is C17H23N3. The largest absolute Gasteiger partial charge is 0.317 e. The number of benzene rings is 1. The normalized spacial score (nSPS) is 16.5. The Balaban J connectivity index is 1.87. The van der Waals surface area contributed by atoms with Crippen LogP contribution < -0.4 is 5.32 Å². The summed E-state index contributed by atoms with van der Waals surface area (Å²) >= 11 is 0. The molecule has 0 unspecified atom stereocenters. The Morgan fingerprint density at radius 2 is 1.90 bits per heavy atom. The maximum atomic E-state index is 4.74. The number of aryl methyl sites for hydroxylation is 2. The molecule has 1 aromatic carbocycles. The molecule has 1 fully saturated rings. The number of hydrogen-bond acceptors (Lipinski definition) is 2. The summed E-state index contributed by atoms with van der Waals surface area (Å²) in [6.45, 7) is 6.50. The first-order chi connectivity index (χ1) is 9.78. The van der Waals surface area contributed by atoms with Gasteiger partial charge in [-0.25, -0.2) is 0 Å². The fraction of sp³-hybridized carbons (Fsp3) is 0.471. The van der Waals surface area contributed by atoms with Gasteiger partial charge in [-0.3, -0.25) is 4.68 Å². The second-order valence-corrected chi connectivity index (χ2v) is 5.64. The van der Waals surface area contributed by atoms with Gasteiger partial charge >= 0.3 is 0 Å². The van der Waals surface area contributed by atoms with Crippen LogP contribution in [0.4, 0.5) is 0 Å². The minimum absolute atomic E-state index is 0.554. The van der Waals surface area contributed by atoms with Gasteiger partial charge in [-0.2, -0.15) is 5.10 Å². The Bertz CT molecular complexity index is 562. The van der Waals surface area contributed by atoms with Crippen molar-refractivity contribution in [2.45, 2.75) is 39.2 Å². The van der Waals surface area contributed by atoms with Crippen LogP contribution in [-0.4, -0.2) is 22.9 Å². The van der Waals surface area contributed by atoms with Crippen LogP contribution in [0.1, 0.15) is 37.1 Å². The van der Waals surface area contributed by atoms with E-state index in [4.69, 9.17) is 5.10 Å². The molecule has 0 atom stereocenters. The number of piperidine rings is 1. The van der Waals surface area contributed by atoms with Crippen LogP contribution in [0.2, 0.25) is 0 Å². The SMILES string of the molecule is CCc1ccc(-c2cn(C3CCNCC3)nc2C)cc1. The molecule has 1 aromatic heterocycles. The molecule has 106 valence electrons. The molecule has 0 aliphatic carbocycles. The lowest BCUT2D eigenvalue weighted by atomic mass is 10.0. The van der Waals surface area contributed by atoms with E-state index in [1.807, 2.05) is 0 Å². The topological polar surface area (TPSA) is 29.9 Å². The predicted molar refractivity (Wildman–Crippen MR) is 82.9 cm³/mol. The van der Waals surface area contributed by atoms with Crippen LogP contribution in [0.25, 0.3) is 11.1 Å². The first-order valence-corrected chi connectivity index (χ1v) is 7.63. The van der Waals surface area contributed by atoms with Crippen molar-refractivity contribution >= 4 is 0 Å². The van der Waals surface area contributed by atoms with Gasteiger partial charge in [0.15, 0.2) is 0 Å². The monoisotopic (exact) mass is 269 g/mol. The highest BCUT2D eigenvalue weighted by Gasteiger charge is 2.17. The molecule has 3 nitrogen and oxygen atoms in total. The molecule has 1 aliphatic rings. The maximum absolute atomic E-state index is 4.74. The lowest BCUT2D eigenvalue weighted by Gasteiger charge is -2.22. The van der Waals surface area contributed by atoms with E-state index in [0.29, 0.717) is 6.04 Å². The average molecular weight is 269 g/mol. The summed E-state index contributed by atoms with van der Waals surface area (Å²) in [4.78, 5) is 0. The fourth-order valence-electron chi connectivity index (χ4n) is 2.94. The lowest BCUT2D eigenvalue weighted by Crippen LogP contribution is -2.29. The third-order valence-corrected chi connectivity index (χ3v) is 4.27. The molecule has 1 saturated heterocycles. The van der Waals surface area contributed by atoms with Crippen LogP contribution in [0.15, 0.2) is 30.5 Å². The van der Waals surface area contributed by atoms with Crippen molar-refractivity contribution in [1.82, 2.24) is 15.1 Å². The lowest BCUT2D eigenvalue weighted by molar-refractivity contribution is 0.342. The van der Waals surface area contributed by atoms with E-state index in [1.54, 1.807) is 0 Å². The van der Waals surface area contributed by atoms with Gasteiger partial charge in [0.1, 0.15) is 0 Å². The molecule has 1 N–H and O–H groups in total. The minimum Gasteiger partial charge on any atom is -0.317 e. The zero-order valence-electron chi connectivity index (χ0n) is 12.4. The van der Waals surface area contributed by atoms with Gasteiger partial charge in [0.2, 0.25) is 0 Å². The van der Waals surface area contributed by atoms with Crippen LogP contribution >= 0.6 is 0 Å². The van der Waals surface area contributed by atoms with Gasteiger partial charge in [0.05, 0.1) is 11.7 Å². The molecule has 1 aliphatic heterocycles. The molecule has 2 aromatic rings. The fourth-order valence-corrected chi connectivity index (χ4v) is 2.94. The molecule has 0 amide bonds. The summed E-state index contributed by atoms with van der Waals surface area (Å²) in [5, 5.41) is 8.15. The Labute approximate surface area is 121 Å². The maximum Gasteiger partial charge on any atom is 0.0672 e. The van der Waals surface area contributed by atoms with Crippen molar-refractivity contribution in [2.75, 3.05) is 13.1 Å². The van der Waals surface area contributed by atoms with Gasteiger partial charge in [-0.05, 0) is 50.4 Å². The Kier molecular flexibility index (Phi) is 3.88. The van der Waals surface area contributed by atoms with Crippen LogP contribution in [-0.2, 0) is 6.42 Å². The number of nitrogens with zero attached hydrogens (tertiary/aromatic N) is 2. The first-order valence-electron chi connectivity index (χ1n) is 7.63. The van der Waals surface area contributed by atoms with Gasteiger partial charge < -0.3 is 5.32 Å². The zero-order chi connectivity index (χ0) is 13.9. The second-order valence-electron chi connectivity index (χ2n) is 5.64. The molecule has 3 rings (SSSR count).